The Morgan fingerprint density at radius 3 is 2.33 bits per heavy atom. The molecule has 5 heteroatoms. The maximum atomic E-state index is 12.4. The molecule has 142 valence electrons. The minimum Gasteiger partial charge on any atom is -0.360 e. The van der Waals surface area contributed by atoms with Crippen LogP contribution >= 0.6 is 0 Å². The van der Waals surface area contributed by atoms with Crippen molar-refractivity contribution in [3.63, 3.8) is 0 Å². The summed E-state index contributed by atoms with van der Waals surface area (Å²) >= 11 is 0. The molecule has 5 nitrogen and oxygen atoms in total. The summed E-state index contributed by atoms with van der Waals surface area (Å²) in [4.78, 5) is 27.4. The fraction of sp³-hybridized carbons (Fsp3) is 0.364. The van der Waals surface area contributed by atoms with Gasteiger partial charge in [0.1, 0.15) is 0 Å². The number of hydrogen-bond donors (Lipinski definition) is 2. The van der Waals surface area contributed by atoms with Crippen molar-refractivity contribution in [3.8, 4) is 0 Å². The van der Waals surface area contributed by atoms with E-state index in [1.807, 2.05) is 43.3 Å². The molecule has 27 heavy (non-hydrogen) atoms. The minimum atomic E-state index is 0.0676. The van der Waals surface area contributed by atoms with Crippen LogP contribution in [0.4, 0.5) is 11.4 Å². The van der Waals surface area contributed by atoms with Gasteiger partial charge in [0.2, 0.25) is 0 Å². The van der Waals surface area contributed by atoms with Crippen LogP contribution in [-0.4, -0.2) is 44.4 Å². The molecule has 0 unspecified atom stereocenters. The number of quaternary nitrogens is 1. The number of benzene rings is 2. The monoisotopic (exact) mass is 366 g/mol. The van der Waals surface area contributed by atoms with Crippen LogP contribution in [0.2, 0.25) is 0 Å². The van der Waals surface area contributed by atoms with Gasteiger partial charge in [-0.05, 0) is 62.2 Å². The topological polar surface area (TPSA) is 53.9 Å². The van der Waals surface area contributed by atoms with E-state index in [9.17, 15) is 9.59 Å². The summed E-state index contributed by atoms with van der Waals surface area (Å²) in [5, 5.41) is 3.05. The first-order valence-electron chi connectivity index (χ1n) is 9.49. The molecule has 0 atom stereocenters. The smallest absolute Gasteiger partial charge is 0.279 e. The minimum absolute atomic E-state index is 0.0676. The third-order valence-electron chi connectivity index (χ3n) is 5.40. The molecule has 1 saturated heterocycles. The molecule has 0 aromatic heterocycles. The molecule has 0 bridgehead atoms. The molecule has 0 saturated carbocycles. The summed E-state index contributed by atoms with van der Waals surface area (Å²) in [7, 11) is 0. The average molecular weight is 366 g/mol. The van der Waals surface area contributed by atoms with E-state index in [2.05, 4.69) is 23.2 Å². The van der Waals surface area contributed by atoms with Gasteiger partial charge in [0, 0.05) is 16.9 Å². The lowest BCUT2D eigenvalue weighted by atomic mass is 10.1. The Morgan fingerprint density at radius 1 is 1.04 bits per heavy atom. The van der Waals surface area contributed by atoms with Gasteiger partial charge in [-0.15, -0.1) is 0 Å². The van der Waals surface area contributed by atoms with Gasteiger partial charge in [-0.25, -0.2) is 0 Å². The second kappa shape index (κ2) is 8.35. The molecule has 2 N–H and O–H groups in total. The number of ketones is 1. The molecule has 0 aliphatic carbocycles. The number of nitrogens with zero attached hydrogens (tertiary/aromatic N) is 1. The molecule has 1 heterocycles. The Bertz CT molecular complexity index is 822. The SMILES string of the molecule is CC(=O)c1ccc(N2CC[NH+](CC(=O)Nc3cccc(C)c3C)CC2)cc1. The highest BCUT2D eigenvalue weighted by molar-refractivity contribution is 5.94. The molecule has 2 aromatic rings. The van der Waals surface area contributed by atoms with Gasteiger partial charge in [0.25, 0.3) is 5.91 Å². The van der Waals surface area contributed by atoms with Crippen molar-refractivity contribution < 1.29 is 14.5 Å². The summed E-state index contributed by atoms with van der Waals surface area (Å²) in [5.74, 6) is 0.156. The molecular weight excluding hydrogens is 338 g/mol. The number of aryl methyl sites for hydroxylation is 1. The van der Waals surface area contributed by atoms with Crippen LogP contribution in [0.15, 0.2) is 42.5 Å². The molecule has 1 aliphatic heterocycles. The maximum Gasteiger partial charge on any atom is 0.279 e. The molecule has 0 radical (unpaired) electrons. The number of piperazine rings is 1. The first-order chi connectivity index (χ1) is 12.9. The van der Waals surface area contributed by atoms with Gasteiger partial charge >= 0.3 is 0 Å². The van der Waals surface area contributed by atoms with Crippen LogP contribution in [-0.2, 0) is 4.79 Å². The van der Waals surface area contributed by atoms with Crippen molar-refractivity contribution in [2.45, 2.75) is 20.8 Å². The number of hydrogen-bond acceptors (Lipinski definition) is 3. The highest BCUT2D eigenvalue weighted by atomic mass is 16.2. The van der Waals surface area contributed by atoms with E-state index in [0.717, 1.165) is 48.7 Å². The van der Waals surface area contributed by atoms with Crippen molar-refractivity contribution in [3.05, 3.63) is 59.2 Å². The number of carbonyl (C=O) groups excluding carboxylic acids is 2. The van der Waals surface area contributed by atoms with Gasteiger partial charge in [-0.2, -0.15) is 0 Å². The van der Waals surface area contributed by atoms with Gasteiger partial charge in [-0.3, -0.25) is 9.59 Å². The van der Waals surface area contributed by atoms with E-state index in [4.69, 9.17) is 0 Å². The van der Waals surface area contributed by atoms with Crippen LogP contribution in [0.1, 0.15) is 28.4 Å². The first kappa shape index (κ1) is 19.1. The number of Topliss-reactive ketones (excluding diaryl/α,β-unsaturated/α-hetero) is 1. The summed E-state index contributed by atoms with van der Waals surface area (Å²) in [6.45, 7) is 9.83. The fourth-order valence-electron chi connectivity index (χ4n) is 3.47. The lowest BCUT2D eigenvalue weighted by Crippen LogP contribution is -3.15. The number of rotatable bonds is 5. The zero-order valence-corrected chi connectivity index (χ0v) is 16.3. The predicted molar refractivity (Wildman–Crippen MR) is 109 cm³/mol. The Hall–Kier alpha value is -2.66. The molecule has 3 rings (SSSR count). The van der Waals surface area contributed by atoms with Crippen molar-refractivity contribution in [2.24, 2.45) is 0 Å². The standard InChI is InChI=1S/C22H27N3O2/c1-16-5-4-6-21(17(16)2)23-22(27)15-24-11-13-25(14-12-24)20-9-7-19(8-10-20)18(3)26/h4-10H,11-15H2,1-3H3,(H,23,27)/p+1. The van der Waals surface area contributed by atoms with Crippen molar-refractivity contribution in [1.29, 1.82) is 0 Å². The van der Waals surface area contributed by atoms with Crippen molar-refractivity contribution in [1.82, 2.24) is 0 Å². The third-order valence-corrected chi connectivity index (χ3v) is 5.40. The average Bonchev–Trinajstić information content (AvgIpc) is 2.66. The lowest BCUT2D eigenvalue weighted by Gasteiger charge is -2.33. The van der Waals surface area contributed by atoms with Gasteiger partial charge in [0.05, 0.1) is 26.2 Å². The molecule has 2 aromatic carbocycles. The third kappa shape index (κ3) is 4.74. The van der Waals surface area contributed by atoms with E-state index in [1.165, 1.54) is 10.5 Å². The highest BCUT2D eigenvalue weighted by Crippen LogP contribution is 2.18. The Kier molecular flexibility index (Phi) is 5.91. The fourth-order valence-corrected chi connectivity index (χ4v) is 3.47. The van der Waals surface area contributed by atoms with Crippen LogP contribution in [0.3, 0.4) is 0 Å². The van der Waals surface area contributed by atoms with Gasteiger partial charge in [0.15, 0.2) is 12.3 Å². The lowest BCUT2D eigenvalue weighted by molar-refractivity contribution is -0.892. The zero-order chi connectivity index (χ0) is 19.4. The number of nitrogens with one attached hydrogen (secondary N) is 2. The summed E-state index contributed by atoms with van der Waals surface area (Å²) in [5.41, 5.74) is 5.10. The molecule has 1 aliphatic rings. The molecule has 1 fully saturated rings. The van der Waals surface area contributed by atoms with Crippen molar-refractivity contribution in [2.75, 3.05) is 42.9 Å². The quantitative estimate of drug-likeness (QED) is 0.794. The van der Waals surface area contributed by atoms with Crippen molar-refractivity contribution >= 4 is 23.1 Å². The molecule has 1 amide bonds. The van der Waals surface area contributed by atoms with Crippen LogP contribution in [0.5, 0.6) is 0 Å². The van der Waals surface area contributed by atoms with E-state index in [-0.39, 0.29) is 11.7 Å². The Balaban J connectivity index is 1.51. The number of carbonyl (C=O) groups is 2. The summed E-state index contributed by atoms with van der Waals surface area (Å²) in [6, 6.07) is 13.8. The molecular formula is C22H28N3O2+. The largest absolute Gasteiger partial charge is 0.360 e. The summed E-state index contributed by atoms with van der Waals surface area (Å²) < 4.78 is 0. The van der Waals surface area contributed by atoms with E-state index in [0.29, 0.717) is 6.54 Å². The Labute approximate surface area is 161 Å². The van der Waals surface area contributed by atoms with Crippen LogP contribution < -0.4 is 15.1 Å². The predicted octanol–water partition coefficient (Wildman–Crippen LogP) is 1.85. The second-order valence-electron chi connectivity index (χ2n) is 7.31. The second-order valence-corrected chi connectivity index (χ2v) is 7.31. The normalized spacial score (nSPS) is 14.9. The zero-order valence-electron chi connectivity index (χ0n) is 16.3. The van der Waals surface area contributed by atoms with E-state index < -0.39 is 0 Å². The highest BCUT2D eigenvalue weighted by Gasteiger charge is 2.22. The number of anilines is 2. The number of amides is 1. The van der Waals surface area contributed by atoms with Crippen LogP contribution in [0.25, 0.3) is 0 Å². The van der Waals surface area contributed by atoms with Gasteiger partial charge in [-0.1, -0.05) is 12.1 Å². The first-order valence-corrected chi connectivity index (χ1v) is 9.49. The maximum absolute atomic E-state index is 12.4. The molecule has 0 spiro atoms. The van der Waals surface area contributed by atoms with Gasteiger partial charge < -0.3 is 15.1 Å². The van der Waals surface area contributed by atoms with Crippen LogP contribution in [0, 0.1) is 13.8 Å². The summed E-state index contributed by atoms with van der Waals surface area (Å²) in [6.07, 6.45) is 0. The Morgan fingerprint density at radius 2 is 1.70 bits per heavy atom. The van der Waals surface area contributed by atoms with E-state index in [1.54, 1.807) is 6.92 Å². The van der Waals surface area contributed by atoms with E-state index >= 15 is 0 Å².